The average Bonchev–Trinajstić information content (AvgIpc) is 2.39. The topological polar surface area (TPSA) is 49.3 Å². The fourth-order valence-corrected chi connectivity index (χ4v) is 3.05. The van der Waals surface area contributed by atoms with E-state index < -0.39 is 0 Å². The summed E-state index contributed by atoms with van der Waals surface area (Å²) >= 11 is 3.41. The smallest absolute Gasteiger partial charge is 0.224 e. The first kappa shape index (κ1) is 14.5. The van der Waals surface area contributed by atoms with Gasteiger partial charge in [-0.05, 0) is 49.3 Å². The van der Waals surface area contributed by atoms with Gasteiger partial charge in [0.1, 0.15) is 0 Å². The zero-order chi connectivity index (χ0) is 13.7. The van der Waals surface area contributed by atoms with E-state index in [1.165, 1.54) is 0 Å². The van der Waals surface area contributed by atoms with Crippen molar-refractivity contribution in [3.63, 3.8) is 0 Å². The number of benzene rings is 1. The highest BCUT2D eigenvalue weighted by Gasteiger charge is 2.21. The lowest BCUT2D eigenvalue weighted by Crippen LogP contribution is -2.38. The van der Waals surface area contributed by atoms with Crippen molar-refractivity contribution in [2.45, 2.75) is 38.1 Å². The van der Waals surface area contributed by atoms with Gasteiger partial charge in [0.05, 0.1) is 6.42 Å². The van der Waals surface area contributed by atoms with Gasteiger partial charge in [-0.1, -0.05) is 28.1 Å². The lowest BCUT2D eigenvalue weighted by molar-refractivity contribution is -0.121. The number of rotatable bonds is 4. The molecule has 1 aromatic rings. The van der Waals surface area contributed by atoms with E-state index in [-0.39, 0.29) is 18.6 Å². The van der Waals surface area contributed by atoms with E-state index >= 15 is 0 Å². The Labute approximate surface area is 122 Å². The van der Waals surface area contributed by atoms with Crippen LogP contribution in [0.15, 0.2) is 28.7 Å². The summed E-state index contributed by atoms with van der Waals surface area (Å²) in [6.45, 7) is 0.276. The molecule has 1 saturated carbocycles. The van der Waals surface area contributed by atoms with Gasteiger partial charge in [-0.2, -0.15) is 0 Å². The molecule has 2 N–H and O–H groups in total. The minimum atomic E-state index is 0.0885. The Kier molecular flexibility index (Phi) is 5.40. The molecule has 3 nitrogen and oxygen atoms in total. The first-order chi connectivity index (χ1) is 9.17. The molecule has 2 rings (SSSR count). The summed E-state index contributed by atoms with van der Waals surface area (Å²) in [4.78, 5) is 12.0. The highest BCUT2D eigenvalue weighted by Crippen LogP contribution is 2.23. The minimum absolute atomic E-state index is 0.0885. The second-order valence-corrected chi connectivity index (χ2v) is 6.19. The molecule has 0 unspecified atom stereocenters. The van der Waals surface area contributed by atoms with E-state index in [4.69, 9.17) is 5.11 Å². The highest BCUT2D eigenvalue weighted by molar-refractivity contribution is 9.10. The van der Waals surface area contributed by atoms with Crippen LogP contribution in [0.3, 0.4) is 0 Å². The van der Waals surface area contributed by atoms with Crippen LogP contribution in [0.5, 0.6) is 0 Å². The third kappa shape index (κ3) is 4.62. The van der Waals surface area contributed by atoms with Gasteiger partial charge in [-0.25, -0.2) is 0 Å². The van der Waals surface area contributed by atoms with Crippen molar-refractivity contribution < 1.29 is 9.90 Å². The van der Waals surface area contributed by atoms with E-state index in [2.05, 4.69) is 21.2 Å². The van der Waals surface area contributed by atoms with E-state index in [9.17, 15) is 4.79 Å². The number of aliphatic hydroxyl groups is 1. The quantitative estimate of drug-likeness (QED) is 0.894. The molecule has 0 heterocycles. The van der Waals surface area contributed by atoms with Crippen LogP contribution in [-0.2, 0) is 11.2 Å². The molecule has 0 radical (unpaired) electrons. The minimum Gasteiger partial charge on any atom is -0.396 e. The number of hydrogen-bond acceptors (Lipinski definition) is 2. The molecule has 0 bridgehead atoms. The van der Waals surface area contributed by atoms with Gasteiger partial charge >= 0.3 is 0 Å². The van der Waals surface area contributed by atoms with Crippen LogP contribution in [-0.4, -0.2) is 23.7 Å². The van der Waals surface area contributed by atoms with Crippen molar-refractivity contribution in [1.29, 1.82) is 0 Å². The summed E-state index contributed by atoms with van der Waals surface area (Å²) in [6, 6.07) is 8.12. The normalized spacial score (nSPS) is 23.1. The van der Waals surface area contributed by atoms with E-state index in [1.807, 2.05) is 24.3 Å². The predicted molar refractivity (Wildman–Crippen MR) is 78.8 cm³/mol. The second kappa shape index (κ2) is 7.06. The molecule has 0 aromatic heterocycles. The number of aliphatic hydroxyl groups excluding tert-OH is 1. The lowest BCUT2D eigenvalue weighted by atomic mass is 9.86. The summed E-state index contributed by atoms with van der Waals surface area (Å²) in [5.41, 5.74) is 1.02. The summed E-state index contributed by atoms with van der Waals surface area (Å²) in [7, 11) is 0. The van der Waals surface area contributed by atoms with Crippen LogP contribution in [0.1, 0.15) is 31.2 Å². The third-order valence-electron chi connectivity index (χ3n) is 3.72. The first-order valence-electron chi connectivity index (χ1n) is 6.82. The number of hydrogen-bond donors (Lipinski definition) is 2. The summed E-state index contributed by atoms with van der Waals surface area (Å²) in [6.07, 6.45) is 4.42. The summed E-state index contributed by atoms with van der Waals surface area (Å²) in [5, 5.41) is 12.2. The Balaban J connectivity index is 1.79. The molecule has 1 aromatic carbocycles. The molecule has 0 atom stereocenters. The van der Waals surface area contributed by atoms with E-state index in [1.54, 1.807) is 0 Å². The number of nitrogens with one attached hydrogen (secondary N) is 1. The van der Waals surface area contributed by atoms with Crippen molar-refractivity contribution in [1.82, 2.24) is 5.32 Å². The molecule has 4 heteroatoms. The number of halogens is 1. The highest BCUT2D eigenvalue weighted by atomic mass is 79.9. The van der Waals surface area contributed by atoms with Gasteiger partial charge in [0, 0.05) is 17.1 Å². The van der Waals surface area contributed by atoms with Gasteiger partial charge in [-0.15, -0.1) is 0 Å². The third-order valence-corrected chi connectivity index (χ3v) is 4.22. The Morgan fingerprint density at radius 3 is 2.68 bits per heavy atom. The van der Waals surface area contributed by atoms with Gasteiger partial charge < -0.3 is 10.4 Å². The molecule has 1 aliphatic carbocycles. The SMILES string of the molecule is O=C(Cc1cccc(Br)c1)NC1CCC(CO)CC1. The standard InChI is InChI=1S/C15H20BrNO2/c16-13-3-1-2-12(8-13)9-15(19)17-14-6-4-11(10-18)5-7-14/h1-3,8,11,14,18H,4-7,9-10H2,(H,17,19). The Bertz CT molecular complexity index is 428. The molecule has 1 aliphatic rings. The molecule has 1 amide bonds. The van der Waals surface area contributed by atoms with Gasteiger partial charge in [0.15, 0.2) is 0 Å². The van der Waals surface area contributed by atoms with Crippen molar-refractivity contribution >= 4 is 21.8 Å². The summed E-state index contributed by atoms with van der Waals surface area (Å²) < 4.78 is 1.00. The van der Waals surface area contributed by atoms with Crippen LogP contribution in [0.2, 0.25) is 0 Å². The Morgan fingerprint density at radius 1 is 1.32 bits per heavy atom. The maximum Gasteiger partial charge on any atom is 0.224 e. The number of carbonyl (C=O) groups is 1. The monoisotopic (exact) mass is 325 g/mol. The van der Waals surface area contributed by atoms with Crippen LogP contribution in [0.4, 0.5) is 0 Å². The van der Waals surface area contributed by atoms with Gasteiger partial charge in [-0.3, -0.25) is 4.79 Å². The van der Waals surface area contributed by atoms with Gasteiger partial charge in [0.25, 0.3) is 0 Å². The fourth-order valence-electron chi connectivity index (χ4n) is 2.60. The predicted octanol–water partition coefficient (Wildman–Crippen LogP) is 2.66. The molecule has 1 fully saturated rings. The van der Waals surface area contributed by atoms with E-state index in [0.29, 0.717) is 12.3 Å². The summed E-state index contributed by atoms with van der Waals surface area (Å²) in [5.74, 6) is 0.517. The first-order valence-corrected chi connectivity index (χ1v) is 7.61. The van der Waals surface area contributed by atoms with Crippen LogP contribution < -0.4 is 5.32 Å². The Morgan fingerprint density at radius 2 is 2.05 bits per heavy atom. The maximum absolute atomic E-state index is 12.0. The Hall–Kier alpha value is -0.870. The molecule has 0 aliphatic heterocycles. The van der Waals surface area contributed by atoms with Crippen molar-refractivity contribution in [3.8, 4) is 0 Å². The molecular formula is C15H20BrNO2. The van der Waals surface area contributed by atoms with Gasteiger partial charge in [0.2, 0.25) is 5.91 Å². The fraction of sp³-hybridized carbons (Fsp3) is 0.533. The van der Waals surface area contributed by atoms with Crippen LogP contribution in [0.25, 0.3) is 0 Å². The molecule has 19 heavy (non-hydrogen) atoms. The number of carbonyl (C=O) groups excluding carboxylic acids is 1. The molecule has 0 saturated heterocycles. The van der Waals surface area contributed by atoms with Crippen molar-refractivity contribution in [3.05, 3.63) is 34.3 Å². The zero-order valence-corrected chi connectivity index (χ0v) is 12.5. The number of amides is 1. The van der Waals surface area contributed by atoms with E-state index in [0.717, 1.165) is 35.7 Å². The zero-order valence-electron chi connectivity index (χ0n) is 10.9. The molecular weight excluding hydrogens is 306 g/mol. The largest absolute Gasteiger partial charge is 0.396 e. The van der Waals surface area contributed by atoms with Crippen molar-refractivity contribution in [2.75, 3.05) is 6.61 Å². The average molecular weight is 326 g/mol. The molecule has 0 spiro atoms. The van der Waals surface area contributed by atoms with Crippen molar-refractivity contribution in [2.24, 2.45) is 5.92 Å². The lowest BCUT2D eigenvalue weighted by Gasteiger charge is -2.28. The van der Waals surface area contributed by atoms with Crippen LogP contribution in [0, 0.1) is 5.92 Å². The maximum atomic E-state index is 12.0. The molecule has 104 valence electrons. The second-order valence-electron chi connectivity index (χ2n) is 5.27. The van der Waals surface area contributed by atoms with Crippen LogP contribution >= 0.6 is 15.9 Å².